The fourth-order valence-electron chi connectivity index (χ4n) is 1.79. The summed E-state index contributed by atoms with van der Waals surface area (Å²) >= 11 is 0. The van der Waals surface area contributed by atoms with E-state index in [1.54, 1.807) is 0 Å². The zero-order valence-corrected chi connectivity index (χ0v) is 10.8. The van der Waals surface area contributed by atoms with Gasteiger partial charge < -0.3 is 14.8 Å². The second-order valence-corrected chi connectivity index (χ2v) is 4.08. The first kappa shape index (κ1) is 13.2. The van der Waals surface area contributed by atoms with Gasteiger partial charge in [-0.1, -0.05) is 13.0 Å². The van der Waals surface area contributed by atoms with Crippen molar-refractivity contribution in [2.45, 2.75) is 13.3 Å². The van der Waals surface area contributed by atoms with Crippen LogP contribution in [-0.2, 0) is 16.0 Å². The van der Waals surface area contributed by atoms with Gasteiger partial charge in [0, 0.05) is 12.5 Å². The molecule has 0 unspecified atom stereocenters. The lowest BCUT2D eigenvalue weighted by atomic mass is 10.1. The van der Waals surface area contributed by atoms with Crippen molar-refractivity contribution in [3.05, 3.63) is 23.8 Å². The van der Waals surface area contributed by atoms with Gasteiger partial charge in [-0.3, -0.25) is 4.79 Å². The van der Waals surface area contributed by atoms with Crippen LogP contribution in [0.4, 0.5) is 5.69 Å². The van der Waals surface area contributed by atoms with Crippen LogP contribution in [-0.4, -0.2) is 29.7 Å². The molecule has 0 aliphatic rings. The molecule has 2 rings (SSSR count). The number of aromatic hydroxyl groups is 1. The first-order valence-corrected chi connectivity index (χ1v) is 5.92. The van der Waals surface area contributed by atoms with Crippen LogP contribution < -0.4 is 0 Å². The molecular weight excluding hydrogens is 246 g/mol. The van der Waals surface area contributed by atoms with Crippen molar-refractivity contribution in [2.24, 2.45) is 10.2 Å². The molecule has 0 bridgehead atoms. The molecule has 100 valence electrons. The number of hydrogen-bond acceptors (Lipinski definition) is 4. The summed E-state index contributed by atoms with van der Waals surface area (Å²) in [5.41, 5.74) is 2.14. The molecule has 1 aromatic heterocycles. The average molecular weight is 261 g/mol. The van der Waals surface area contributed by atoms with E-state index in [1.165, 1.54) is 7.11 Å². The number of ether oxygens (including phenoxy) is 1. The van der Waals surface area contributed by atoms with Crippen LogP contribution in [0.3, 0.4) is 0 Å². The van der Waals surface area contributed by atoms with E-state index in [-0.39, 0.29) is 18.2 Å². The maximum Gasteiger partial charge on any atom is 0.290 e. The minimum atomic E-state index is -0.497. The van der Waals surface area contributed by atoms with Crippen LogP contribution in [0.15, 0.2) is 28.4 Å². The number of hydrogen-bond donors (Lipinski definition) is 2. The number of benzene rings is 1. The van der Waals surface area contributed by atoms with Gasteiger partial charge >= 0.3 is 0 Å². The second kappa shape index (κ2) is 5.62. The number of H-pyrrole nitrogens is 1. The highest BCUT2D eigenvalue weighted by Gasteiger charge is 2.11. The second-order valence-electron chi connectivity index (χ2n) is 4.08. The molecule has 6 nitrogen and oxygen atoms in total. The summed E-state index contributed by atoms with van der Waals surface area (Å²) in [6, 6.07) is 5.75. The number of aromatic amines is 1. The molecule has 1 heterocycles. The Kier molecular flexibility index (Phi) is 3.91. The summed E-state index contributed by atoms with van der Waals surface area (Å²) in [7, 11) is 1.41. The molecule has 0 saturated carbocycles. The van der Waals surface area contributed by atoms with Crippen LogP contribution in [0.5, 0.6) is 5.88 Å². The lowest BCUT2D eigenvalue weighted by Crippen LogP contribution is -2.01. The average Bonchev–Trinajstić information content (AvgIpc) is 2.71. The van der Waals surface area contributed by atoms with Crippen molar-refractivity contribution >= 4 is 22.5 Å². The number of nitrogens with one attached hydrogen (secondary N) is 1. The Labute approximate surface area is 110 Å². The first-order valence-electron chi connectivity index (χ1n) is 5.92. The van der Waals surface area contributed by atoms with E-state index in [0.29, 0.717) is 0 Å². The minimum Gasteiger partial charge on any atom is -0.493 e. The Morgan fingerprint density at radius 3 is 2.95 bits per heavy atom. The number of nitrogens with zero attached hydrogens (tertiary/aromatic N) is 2. The molecule has 19 heavy (non-hydrogen) atoms. The predicted octanol–water partition coefficient (Wildman–Crippen LogP) is 2.69. The summed E-state index contributed by atoms with van der Waals surface area (Å²) in [5.74, 6) is -0.597. The number of aryl methyl sites for hydroxylation is 1. The molecule has 2 aromatic rings. The highest BCUT2D eigenvalue weighted by Crippen LogP contribution is 2.35. The number of carbonyl (C=O) groups is 1. The van der Waals surface area contributed by atoms with Gasteiger partial charge in [-0.15, -0.1) is 10.2 Å². The van der Waals surface area contributed by atoms with E-state index in [4.69, 9.17) is 0 Å². The van der Waals surface area contributed by atoms with E-state index < -0.39 is 5.91 Å². The predicted molar refractivity (Wildman–Crippen MR) is 70.7 cm³/mol. The van der Waals surface area contributed by atoms with Gasteiger partial charge in [0.2, 0.25) is 5.88 Å². The van der Waals surface area contributed by atoms with Gasteiger partial charge in [0.15, 0.2) is 5.69 Å². The maximum atomic E-state index is 11.2. The van der Waals surface area contributed by atoms with Crippen molar-refractivity contribution in [3.63, 3.8) is 0 Å². The molecule has 0 spiro atoms. The Hall–Kier alpha value is -2.21. The molecule has 1 amide bonds. The number of carbonyl (C=O) groups excluding carboxylic acids is 1. The number of rotatable bonds is 4. The number of azo groups is 1. The summed E-state index contributed by atoms with van der Waals surface area (Å²) in [6.45, 7) is 1.91. The number of methoxy groups -OCH3 is 1. The van der Waals surface area contributed by atoms with Crippen molar-refractivity contribution in [3.8, 4) is 5.88 Å². The largest absolute Gasteiger partial charge is 0.493 e. The van der Waals surface area contributed by atoms with Crippen molar-refractivity contribution < 1.29 is 14.6 Å². The van der Waals surface area contributed by atoms with Gasteiger partial charge in [-0.25, -0.2) is 0 Å². The fourth-order valence-corrected chi connectivity index (χ4v) is 1.79. The van der Waals surface area contributed by atoms with E-state index >= 15 is 0 Å². The van der Waals surface area contributed by atoms with Gasteiger partial charge in [-0.05, 0) is 24.1 Å². The van der Waals surface area contributed by atoms with E-state index in [2.05, 4.69) is 19.9 Å². The lowest BCUT2D eigenvalue weighted by molar-refractivity contribution is -0.121. The molecular formula is C13H15N3O3. The normalized spacial score (nSPS) is 11.5. The topological polar surface area (TPSA) is 87.0 Å². The summed E-state index contributed by atoms with van der Waals surface area (Å²) in [4.78, 5) is 14.0. The van der Waals surface area contributed by atoms with Gasteiger partial charge in [0.1, 0.15) is 6.61 Å². The Morgan fingerprint density at radius 1 is 1.47 bits per heavy atom. The minimum absolute atomic E-state index is 0.0998. The van der Waals surface area contributed by atoms with Crippen LogP contribution in [0.2, 0.25) is 0 Å². The number of amides is 1. The highest BCUT2D eigenvalue weighted by molar-refractivity contribution is 5.94. The SMILES string of the molecule is CCc1ccc2[nH]c(O)c(N=NC(=O)COC)c2c1. The third-order valence-corrected chi connectivity index (χ3v) is 2.75. The standard InChI is InChI=1S/C13H15N3O3/c1-3-8-4-5-10-9(6-8)12(13(18)14-10)16-15-11(17)7-19-2/h4-6,14,18H,3,7H2,1-2H3. The van der Waals surface area contributed by atoms with E-state index in [0.717, 1.165) is 22.9 Å². The molecule has 6 heteroatoms. The quantitative estimate of drug-likeness (QED) is 0.829. The molecule has 0 aliphatic heterocycles. The summed E-state index contributed by atoms with van der Waals surface area (Å²) in [5, 5.41) is 17.8. The molecule has 0 radical (unpaired) electrons. The number of fused-ring (bicyclic) bond motifs is 1. The zero-order valence-electron chi connectivity index (χ0n) is 10.8. The zero-order chi connectivity index (χ0) is 13.8. The third-order valence-electron chi connectivity index (χ3n) is 2.75. The molecule has 0 aliphatic carbocycles. The van der Waals surface area contributed by atoms with Crippen LogP contribution in [0, 0.1) is 0 Å². The first-order chi connectivity index (χ1) is 9.15. The third kappa shape index (κ3) is 2.79. The molecule has 0 atom stereocenters. The van der Waals surface area contributed by atoms with E-state index in [9.17, 15) is 9.90 Å². The van der Waals surface area contributed by atoms with Crippen molar-refractivity contribution in [2.75, 3.05) is 13.7 Å². The van der Waals surface area contributed by atoms with Gasteiger partial charge in [-0.2, -0.15) is 0 Å². The fraction of sp³-hybridized carbons (Fsp3) is 0.308. The van der Waals surface area contributed by atoms with Crippen molar-refractivity contribution in [1.82, 2.24) is 4.98 Å². The van der Waals surface area contributed by atoms with Gasteiger partial charge in [0.05, 0.1) is 5.52 Å². The maximum absolute atomic E-state index is 11.2. The molecule has 2 N–H and O–H groups in total. The van der Waals surface area contributed by atoms with Crippen LogP contribution in [0.1, 0.15) is 12.5 Å². The van der Waals surface area contributed by atoms with Gasteiger partial charge in [0.25, 0.3) is 5.91 Å². The molecule has 1 aromatic carbocycles. The summed E-state index contributed by atoms with van der Waals surface area (Å²) < 4.78 is 4.65. The highest BCUT2D eigenvalue weighted by atomic mass is 16.5. The Balaban J connectivity index is 2.41. The smallest absolute Gasteiger partial charge is 0.290 e. The lowest BCUT2D eigenvalue weighted by Gasteiger charge is -1.96. The Bertz CT molecular complexity index is 631. The van der Waals surface area contributed by atoms with Crippen LogP contribution in [0.25, 0.3) is 10.9 Å². The summed E-state index contributed by atoms with van der Waals surface area (Å²) in [6.07, 6.45) is 0.876. The van der Waals surface area contributed by atoms with Crippen LogP contribution >= 0.6 is 0 Å². The Morgan fingerprint density at radius 2 is 2.26 bits per heavy atom. The van der Waals surface area contributed by atoms with E-state index in [1.807, 2.05) is 25.1 Å². The molecule has 0 fully saturated rings. The van der Waals surface area contributed by atoms with Crippen molar-refractivity contribution in [1.29, 1.82) is 0 Å². The number of aromatic nitrogens is 1. The monoisotopic (exact) mass is 261 g/mol. The molecule has 0 saturated heterocycles.